The van der Waals surface area contributed by atoms with E-state index in [-0.39, 0.29) is 32.3 Å². The molecular weight excluding hydrogens is 271 g/mol. The van der Waals surface area contributed by atoms with Crippen LogP contribution in [-0.2, 0) is 9.53 Å². The van der Waals surface area contributed by atoms with E-state index in [2.05, 4.69) is 16.9 Å². The summed E-state index contributed by atoms with van der Waals surface area (Å²) in [6, 6.07) is 10.1. The van der Waals surface area contributed by atoms with Crippen LogP contribution in [0.2, 0.25) is 4.82 Å². The molecule has 1 aromatic carbocycles. The Morgan fingerprint density at radius 3 is 2.69 bits per heavy atom. The summed E-state index contributed by atoms with van der Waals surface area (Å²) in [5, 5.41) is 9.24. The molecule has 88 valence electrons. The molecule has 0 saturated heterocycles. The van der Waals surface area contributed by atoms with Crippen LogP contribution in [0.3, 0.4) is 0 Å². The van der Waals surface area contributed by atoms with Crippen LogP contribution in [0.25, 0.3) is 0 Å². The van der Waals surface area contributed by atoms with E-state index < -0.39 is 0 Å². The molecule has 4 heteroatoms. The van der Waals surface area contributed by atoms with E-state index in [1.54, 1.807) is 0 Å². The van der Waals surface area contributed by atoms with Crippen molar-refractivity contribution in [2.45, 2.75) is 17.7 Å². The zero-order chi connectivity index (χ0) is 11.8. The fourth-order valence-electron chi connectivity index (χ4n) is 1.26. The van der Waals surface area contributed by atoms with E-state index in [1.807, 2.05) is 18.2 Å². The molecule has 1 rings (SSSR count). The summed E-state index contributed by atoms with van der Waals surface area (Å²) < 4.78 is 5.83. The molecule has 0 aliphatic heterocycles. The van der Waals surface area contributed by atoms with E-state index >= 15 is 0 Å². The number of benzene rings is 1. The van der Waals surface area contributed by atoms with Crippen molar-refractivity contribution < 1.29 is 14.6 Å². The molecule has 1 aromatic rings. The van der Waals surface area contributed by atoms with Gasteiger partial charge in [-0.15, -0.1) is 0 Å². The van der Waals surface area contributed by atoms with Gasteiger partial charge in [-0.2, -0.15) is 0 Å². The van der Waals surface area contributed by atoms with Crippen molar-refractivity contribution in [2.75, 3.05) is 13.7 Å². The number of aliphatic hydroxyl groups is 1. The first-order valence-electron chi connectivity index (χ1n) is 5.15. The van der Waals surface area contributed by atoms with Crippen LogP contribution < -0.4 is 4.46 Å². The molecule has 16 heavy (non-hydrogen) atoms. The van der Waals surface area contributed by atoms with Crippen molar-refractivity contribution in [2.24, 2.45) is 0 Å². The third-order valence-electron chi connectivity index (χ3n) is 2.15. The number of ether oxygens (including phenoxy) is 1. The van der Waals surface area contributed by atoms with Gasteiger partial charge in [0.1, 0.15) is 0 Å². The second-order valence-electron chi connectivity index (χ2n) is 3.35. The zero-order valence-electron chi connectivity index (χ0n) is 9.26. The number of carbonyl (C=O) groups excluding carboxylic acids is 1. The van der Waals surface area contributed by atoms with Gasteiger partial charge in [-0.25, -0.2) is 0 Å². The summed E-state index contributed by atoms with van der Waals surface area (Å²) in [4.78, 5) is 11.2. The quantitative estimate of drug-likeness (QED) is 0.620. The number of aliphatic hydroxyl groups excluding tert-OH is 1. The third kappa shape index (κ3) is 4.79. The fourth-order valence-corrected chi connectivity index (χ4v) is 3.38. The molecule has 0 spiro atoms. The van der Waals surface area contributed by atoms with Gasteiger partial charge in [0.25, 0.3) is 0 Å². The average Bonchev–Trinajstić information content (AvgIpc) is 2.35. The first-order chi connectivity index (χ1) is 7.76. The summed E-state index contributed by atoms with van der Waals surface area (Å²) in [7, 11) is 1.39. The van der Waals surface area contributed by atoms with Crippen LogP contribution in [0.4, 0.5) is 0 Å². The maximum absolute atomic E-state index is 11.0. The zero-order valence-corrected chi connectivity index (χ0v) is 11.0. The van der Waals surface area contributed by atoms with Crippen LogP contribution in [0.1, 0.15) is 12.8 Å². The number of methoxy groups -OCH3 is 1. The van der Waals surface area contributed by atoms with Gasteiger partial charge in [0.15, 0.2) is 0 Å². The standard InChI is InChI=1S/C12H16O3Se/c1-15-12(14)8-7-11(9-13)16-10-5-3-2-4-6-10/h2-6,11,13H,7-9H2,1H3. The number of esters is 1. The predicted molar refractivity (Wildman–Crippen MR) is 63.9 cm³/mol. The van der Waals surface area contributed by atoms with Gasteiger partial charge in [-0.05, 0) is 0 Å². The second kappa shape index (κ2) is 7.44. The topological polar surface area (TPSA) is 46.5 Å². The summed E-state index contributed by atoms with van der Waals surface area (Å²) in [6.07, 6.45) is 1.08. The van der Waals surface area contributed by atoms with Gasteiger partial charge >= 0.3 is 102 Å². The molecule has 0 saturated carbocycles. The Morgan fingerprint density at radius 2 is 2.12 bits per heavy atom. The number of carbonyl (C=O) groups is 1. The number of hydrogen-bond donors (Lipinski definition) is 1. The van der Waals surface area contributed by atoms with Crippen molar-refractivity contribution in [1.29, 1.82) is 0 Å². The van der Waals surface area contributed by atoms with Crippen LogP contribution >= 0.6 is 0 Å². The molecule has 0 heterocycles. The summed E-state index contributed by atoms with van der Waals surface area (Å²) in [6.45, 7) is 0.131. The molecule has 0 aromatic heterocycles. The first kappa shape index (κ1) is 13.2. The van der Waals surface area contributed by atoms with Crippen molar-refractivity contribution in [3.05, 3.63) is 30.3 Å². The van der Waals surface area contributed by atoms with Crippen LogP contribution in [0.15, 0.2) is 30.3 Å². The van der Waals surface area contributed by atoms with Gasteiger partial charge in [-0.1, -0.05) is 0 Å². The second-order valence-corrected chi connectivity index (χ2v) is 6.23. The Kier molecular flexibility index (Phi) is 6.16. The van der Waals surface area contributed by atoms with E-state index in [9.17, 15) is 9.90 Å². The number of hydrogen-bond acceptors (Lipinski definition) is 3. The summed E-state index contributed by atoms with van der Waals surface area (Å²) >= 11 is 0.212. The molecule has 3 nitrogen and oxygen atoms in total. The molecule has 0 bridgehead atoms. The van der Waals surface area contributed by atoms with Crippen LogP contribution in [-0.4, -0.2) is 39.7 Å². The minimum atomic E-state index is -0.206. The Bertz CT molecular complexity index is 313. The maximum atomic E-state index is 11.0. The SMILES string of the molecule is COC(=O)CCC(CO)[Se]c1ccccc1. The molecule has 1 atom stereocenters. The van der Waals surface area contributed by atoms with Gasteiger partial charge < -0.3 is 0 Å². The first-order valence-corrected chi connectivity index (χ1v) is 7.00. The molecule has 1 N–H and O–H groups in total. The molecule has 0 fully saturated rings. The molecule has 0 aliphatic carbocycles. The van der Waals surface area contributed by atoms with Crippen molar-refractivity contribution in [3.63, 3.8) is 0 Å². The van der Waals surface area contributed by atoms with Crippen molar-refractivity contribution in [3.8, 4) is 0 Å². The Balaban J connectivity index is 2.40. The van der Waals surface area contributed by atoms with Crippen molar-refractivity contribution >= 4 is 25.4 Å². The average molecular weight is 287 g/mol. The molecular formula is C12H16O3Se. The van der Waals surface area contributed by atoms with Gasteiger partial charge in [0, 0.05) is 0 Å². The van der Waals surface area contributed by atoms with Gasteiger partial charge in [0.05, 0.1) is 0 Å². The monoisotopic (exact) mass is 288 g/mol. The minimum absolute atomic E-state index is 0.131. The van der Waals surface area contributed by atoms with E-state index in [4.69, 9.17) is 0 Å². The molecule has 1 unspecified atom stereocenters. The third-order valence-corrected chi connectivity index (χ3v) is 4.80. The summed E-state index contributed by atoms with van der Waals surface area (Å²) in [5.41, 5.74) is 0. The van der Waals surface area contributed by atoms with E-state index in [1.165, 1.54) is 11.6 Å². The van der Waals surface area contributed by atoms with Gasteiger partial charge in [-0.3, -0.25) is 0 Å². The summed E-state index contributed by atoms with van der Waals surface area (Å²) in [5.74, 6) is -0.206. The normalized spacial score (nSPS) is 12.1. The van der Waals surface area contributed by atoms with E-state index in [0.717, 1.165) is 0 Å². The van der Waals surface area contributed by atoms with Crippen LogP contribution in [0.5, 0.6) is 0 Å². The Hall–Kier alpha value is -0.831. The van der Waals surface area contributed by atoms with Gasteiger partial charge in [0.2, 0.25) is 0 Å². The Labute approximate surface area is 102 Å². The number of rotatable bonds is 6. The molecule has 0 aliphatic rings. The fraction of sp³-hybridized carbons (Fsp3) is 0.417. The molecule has 0 amide bonds. The predicted octanol–water partition coefficient (Wildman–Crippen LogP) is 0.750. The van der Waals surface area contributed by atoms with E-state index in [0.29, 0.717) is 12.8 Å². The van der Waals surface area contributed by atoms with Crippen molar-refractivity contribution in [1.82, 2.24) is 0 Å². The Morgan fingerprint density at radius 1 is 1.44 bits per heavy atom. The molecule has 0 radical (unpaired) electrons. The van der Waals surface area contributed by atoms with Crippen LogP contribution in [0, 0.1) is 0 Å².